The van der Waals surface area contributed by atoms with Gasteiger partial charge >= 0.3 is 0 Å². The lowest BCUT2D eigenvalue weighted by molar-refractivity contribution is -0.129. The monoisotopic (exact) mass is 199 g/mol. The van der Waals surface area contributed by atoms with Crippen LogP contribution in [-0.4, -0.2) is 35.1 Å². The molecule has 2 unspecified atom stereocenters. The van der Waals surface area contributed by atoms with Crippen LogP contribution < -0.4 is 0 Å². The van der Waals surface area contributed by atoms with E-state index in [1.807, 2.05) is 4.90 Å². The zero-order valence-electron chi connectivity index (χ0n) is 9.20. The molecule has 1 amide bonds. The Morgan fingerprint density at radius 1 is 1.64 bits per heavy atom. The van der Waals surface area contributed by atoms with Gasteiger partial charge in [0.25, 0.3) is 0 Å². The van der Waals surface area contributed by atoms with Crippen molar-refractivity contribution in [3.8, 4) is 0 Å². The first-order chi connectivity index (χ1) is 6.69. The summed E-state index contributed by atoms with van der Waals surface area (Å²) in [5, 5.41) is 8.98. The van der Waals surface area contributed by atoms with Crippen molar-refractivity contribution in [3.05, 3.63) is 0 Å². The predicted molar refractivity (Wildman–Crippen MR) is 55.9 cm³/mol. The predicted octanol–water partition coefficient (Wildman–Crippen LogP) is 1.41. The van der Waals surface area contributed by atoms with Crippen LogP contribution in [0.25, 0.3) is 0 Å². The maximum atomic E-state index is 11.6. The molecule has 0 aliphatic carbocycles. The van der Waals surface area contributed by atoms with Crippen molar-refractivity contribution in [3.63, 3.8) is 0 Å². The highest BCUT2D eigenvalue weighted by Crippen LogP contribution is 2.21. The standard InChI is InChI=1S/C11H21NO2/c1-3-4-5-9(2)12-7-10(8-13)6-11(12)14/h9-10,13H,3-8H2,1-2H3. The first kappa shape index (κ1) is 11.5. The van der Waals surface area contributed by atoms with E-state index < -0.39 is 0 Å². The molecule has 3 heteroatoms. The van der Waals surface area contributed by atoms with E-state index in [0.717, 1.165) is 13.0 Å². The summed E-state index contributed by atoms with van der Waals surface area (Å²) >= 11 is 0. The molecule has 0 saturated carbocycles. The number of rotatable bonds is 5. The van der Waals surface area contributed by atoms with Gasteiger partial charge < -0.3 is 10.0 Å². The van der Waals surface area contributed by atoms with Gasteiger partial charge in [0.05, 0.1) is 0 Å². The molecule has 0 aromatic carbocycles. The van der Waals surface area contributed by atoms with E-state index in [4.69, 9.17) is 5.11 Å². The number of likely N-dealkylation sites (tertiary alicyclic amines) is 1. The average molecular weight is 199 g/mol. The van der Waals surface area contributed by atoms with E-state index >= 15 is 0 Å². The molecule has 1 rings (SSSR count). The van der Waals surface area contributed by atoms with E-state index in [2.05, 4.69) is 13.8 Å². The fourth-order valence-corrected chi connectivity index (χ4v) is 2.01. The molecule has 0 aromatic rings. The Hall–Kier alpha value is -0.570. The SMILES string of the molecule is CCCCC(C)N1CC(CO)CC1=O. The minimum absolute atomic E-state index is 0.142. The van der Waals surface area contributed by atoms with Crippen molar-refractivity contribution >= 4 is 5.91 Å². The molecule has 1 aliphatic heterocycles. The minimum Gasteiger partial charge on any atom is -0.396 e. The molecule has 3 nitrogen and oxygen atoms in total. The maximum absolute atomic E-state index is 11.6. The molecular weight excluding hydrogens is 178 g/mol. The van der Waals surface area contributed by atoms with Crippen molar-refractivity contribution < 1.29 is 9.90 Å². The second-order valence-electron chi connectivity index (χ2n) is 4.29. The first-order valence-corrected chi connectivity index (χ1v) is 5.59. The minimum atomic E-state index is 0.142. The number of carbonyl (C=O) groups is 1. The molecule has 1 aliphatic rings. The number of hydrogen-bond acceptors (Lipinski definition) is 2. The summed E-state index contributed by atoms with van der Waals surface area (Å²) in [5.74, 6) is 0.388. The van der Waals surface area contributed by atoms with Crippen molar-refractivity contribution in [2.45, 2.75) is 45.6 Å². The third kappa shape index (κ3) is 2.71. The van der Waals surface area contributed by atoms with Crippen LogP contribution in [0, 0.1) is 5.92 Å². The number of aliphatic hydroxyl groups is 1. The highest BCUT2D eigenvalue weighted by Gasteiger charge is 2.31. The van der Waals surface area contributed by atoms with Gasteiger partial charge in [-0.25, -0.2) is 0 Å². The van der Waals surface area contributed by atoms with Crippen LogP contribution in [0.5, 0.6) is 0 Å². The van der Waals surface area contributed by atoms with Crippen LogP contribution in [0.15, 0.2) is 0 Å². The van der Waals surface area contributed by atoms with E-state index in [-0.39, 0.29) is 18.4 Å². The van der Waals surface area contributed by atoms with Crippen LogP contribution in [0.3, 0.4) is 0 Å². The molecule has 1 N–H and O–H groups in total. The van der Waals surface area contributed by atoms with Gasteiger partial charge in [0, 0.05) is 31.5 Å². The van der Waals surface area contributed by atoms with E-state index in [0.29, 0.717) is 12.5 Å². The zero-order valence-corrected chi connectivity index (χ0v) is 9.20. The fourth-order valence-electron chi connectivity index (χ4n) is 2.01. The van der Waals surface area contributed by atoms with Crippen LogP contribution in [0.1, 0.15) is 39.5 Å². The van der Waals surface area contributed by atoms with Gasteiger partial charge in [-0.15, -0.1) is 0 Å². The molecule has 14 heavy (non-hydrogen) atoms. The Morgan fingerprint density at radius 3 is 2.86 bits per heavy atom. The zero-order chi connectivity index (χ0) is 10.6. The Kier molecular flexibility index (Phi) is 4.39. The maximum Gasteiger partial charge on any atom is 0.223 e. The van der Waals surface area contributed by atoms with Gasteiger partial charge in [0.2, 0.25) is 5.91 Å². The lowest BCUT2D eigenvalue weighted by Gasteiger charge is -2.24. The normalized spacial score (nSPS) is 24.4. The first-order valence-electron chi connectivity index (χ1n) is 5.59. The average Bonchev–Trinajstić information content (AvgIpc) is 2.56. The molecular formula is C11H21NO2. The number of hydrogen-bond donors (Lipinski definition) is 1. The van der Waals surface area contributed by atoms with Crippen molar-refractivity contribution in [1.82, 2.24) is 4.90 Å². The summed E-state index contributed by atoms with van der Waals surface area (Å²) < 4.78 is 0. The van der Waals surface area contributed by atoms with Gasteiger partial charge in [-0.3, -0.25) is 4.79 Å². The fraction of sp³-hybridized carbons (Fsp3) is 0.909. The van der Waals surface area contributed by atoms with Crippen molar-refractivity contribution in [2.24, 2.45) is 5.92 Å². The molecule has 1 heterocycles. The number of aliphatic hydroxyl groups excluding tert-OH is 1. The number of nitrogens with zero attached hydrogens (tertiary/aromatic N) is 1. The molecule has 0 bridgehead atoms. The lowest BCUT2D eigenvalue weighted by atomic mass is 10.1. The van der Waals surface area contributed by atoms with E-state index in [1.165, 1.54) is 12.8 Å². The Labute approximate surface area is 86.1 Å². The van der Waals surface area contributed by atoms with Crippen molar-refractivity contribution in [1.29, 1.82) is 0 Å². The summed E-state index contributed by atoms with van der Waals surface area (Å²) in [4.78, 5) is 13.5. The quantitative estimate of drug-likeness (QED) is 0.727. The number of amides is 1. The molecule has 0 spiro atoms. The van der Waals surface area contributed by atoms with Crippen LogP contribution >= 0.6 is 0 Å². The molecule has 2 atom stereocenters. The van der Waals surface area contributed by atoms with Crippen molar-refractivity contribution in [2.75, 3.05) is 13.2 Å². The lowest BCUT2D eigenvalue weighted by Crippen LogP contribution is -2.34. The van der Waals surface area contributed by atoms with Gasteiger partial charge in [-0.1, -0.05) is 19.8 Å². The largest absolute Gasteiger partial charge is 0.396 e. The second kappa shape index (κ2) is 5.35. The summed E-state index contributed by atoms with van der Waals surface area (Å²) in [5.41, 5.74) is 0. The topological polar surface area (TPSA) is 40.5 Å². The number of unbranched alkanes of at least 4 members (excludes halogenated alkanes) is 1. The molecule has 0 aromatic heterocycles. The number of carbonyl (C=O) groups excluding carboxylic acids is 1. The summed E-state index contributed by atoms with van der Waals surface area (Å²) in [6, 6.07) is 0.346. The van der Waals surface area contributed by atoms with Gasteiger partial charge in [0.15, 0.2) is 0 Å². The second-order valence-corrected chi connectivity index (χ2v) is 4.29. The Balaban J connectivity index is 2.40. The summed E-state index contributed by atoms with van der Waals surface area (Å²) in [6.07, 6.45) is 3.97. The van der Waals surface area contributed by atoms with Gasteiger partial charge in [0.1, 0.15) is 0 Å². The van der Waals surface area contributed by atoms with Crippen LogP contribution in [0.4, 0.5) is 0 Å². The van der Waals surface area contributed by atoms with Gasteiger partial charge in [-0.05, 0) is 13.3 Å². The molecule has 82 valence electrons. The third-order valence-electron chi connectivity index (χ3n) is 3.00. The Bertz CT molecular complexity index is 194. The van der Waals surface area contributed by atoms with Crippen LogP contribution in [-0.2, 0) is 4.79 Å². The van der Waals surface area contributed by atoms with Crippen LogP contribution in [0.2, 0.25) is 0 Å². The third-order valence-corrected chi connectivity index (χ3v) is 3.00. The highest BCUT2D eigenvalue weighted by molar-refractivity contribution is 5.78. The van der Waals surface area contributed by atoms with E-state index in [9.17, 15) is 4.79 Å². The smallest absolute Gasteiger partial charge is 0.223 e. The Morgan fingerprint density at radius 2 is 2.36 bits per heavy atom. The molecule has 1 fully saturated rings. The molecule has 1 saturated heterocycles. The molecule has 0 radical (unpaired) electrons. The summed E-state index contributed by atoms with van der Waals surface area (Å²) in [7, 11) is 0. The highest BCUT2D eigenvalue weighted by atomic mass is 16.3. The summed E-state index contributed by atoms with van der Waals surface area (Å²) in [6.45, 7) is 5.16. The van der Waals surface area contributed by atoms with Gasteiger partial charge in [-0.2, -0.15) is 0 Å². The van der Waals surface area contributed by atoms with E-state index in [1.54, 1.807) is 0 Å².